The maximum atomic E-state index is 2.40. The summed E-state index contributed by atoms with van der Waals surface area (Å²) in [6.45, 7) is 8.97. The third kappa shape index (κ3) is 2.24. The fourth-order valence-electron chi connectivity index (χ4n) is 3.57. The highest BCUT2D eigenvalue weighted by atomic mass is 15.0. The number of rotatable bonds is 1. The Labute approximate surface area is 143 Å². The molecule has 1 heteroatoms. The SMILES string of the molecule is Cc1cccc2c3ccccc3n(-c3ccc(C(C)(C)C)cc3)c12. The van der Waals surface area contributed by atoms with Crippen molar-refractivity contribution in [2.24, 2.45) is 0 Å². The minimum absolute atomic E-state index is 0.176. The number of aryl methyl sites for hydroxylation is 1. The molecule has 0 bridgehead atoms. The molecule has 4 rings (SSSR count). The highest BCUT2D eigenvalue weighted by molar-refractivity contribution is 6.10. The van der Waals surface area contributed by atoms with Crippen molar-refractivity contribution in [3.8, 4) is 5.69 Å². The lowest BCUT2D eigenvalue weighted by Crippen LogP contribution is -2.10. The first kappa shape index (κ1) is 15.0. The Morgan fingerprint density at radius 2 is 1.38 bits per heavy atom. The molecule has 1 heterocycles. The number of para-hydroxylation sites is 2. The highest BCUT2D eigenvalue weighted by Gasteiger charge is 2.16. The second-order valence-corrected chi connectivity index (χ2v) is 7.62. The Morgan fingerprint density at radius 1 is 0.708 bits per heavy atom. The Morgan fingerprint density at radius 3 is 2.08 bits per heavy atom. The predicted octanol–water partition coefficient (Wildman–Crippen LogP) is 6.39. The summed E-state index contributed by atoms with van der Waals surface area (Å²) in [4.78, 5) is 0. The van der Waals surface area contributed by atoms with Crippen LogP contribution in [0.5, 0.6) is 0 Å². The average molecular weight is 313 g/mol. The minimum atomic E-state index is 0.176. The molecule has 0 atom stereocenters. The van der Waals surface area contributed by atoms with Crippen molar-refractivity contribution in [2.75, 3.05) is 0 Å². The lowest BCUT2D eigenvalue weighted by Gasteiger charge is -2.19. The molecule has 3 aromatic carbocycles. The van der Waals surface area contributed by atoms with E-state index in [1.807, 2.05) is 0 Å². The van der Waals surface area contributed by atoms with Crippen LogP contribution in [0.1, 0.15) is 31.9 Å². The lowest BCUT2D eigenvalue weighted by atomic mass is 9.87. The van der Waals surface area contributed by atoms with Gasteiger partial charge in [-0.25, -0.2) is 0 Å². The van der Waals surface area contributed by atoms with Crippen molar-refractivity contribution < 1.29 is 0 Å². The van der Waals surface area contributed by atoms with Crippen molar-refractivity contribution in [3.05, 3.63) is 77.9 Å². The fourth-order valence-corrected chi connectivity index (χ4v) is 3.57. The van der Waals surface area contributed by atoms with Gasteiger partial charge in [-0.15, -0.1) is 0 Å². The monoisotopic (exact) mass is 313 g/mol. The number of fused-ring (bicyclic) bond motifs is 3. The topological polar surface area (TPSA) is 4.93 Å². The number of aromatic nitrogens is 1. The first-order valence-corrected chi connectivity index (χ1v) is 8.56. The molecule has 0 amide bonds. The van der Waals surface area contributed by atoms with Gasteiger partial charge in [-0.2, -0.15) is 0 Å². The molecular weight excluding hydrogens is 290 g/mol. The minimum Gasteiger partial charge on any atom is -0.309 e. The highest BCUT2D eigenvalue weighted by Crippen LogP contribution is 2.34. The van der Waals surface area contributed by atoms with Crippen LogP contribution in [-0.2, 0) is 5.41 Å². The van der Waals surface area contributed by atoms with Gasteiger partial charge >= 0.3 is 0 Å². The van der Waals surface area contributed by atoms with E-state index in [9.17, 15) is 0 Å². The molecule has 0 aliphatic rings. The summed E-state index contributed by atoms with van der Waals surface area (Å²) < 4.78 is 2.40. The van der Waals surface area contributed by atoms with Gasteiger partial charge in [0, 0.05) is 16.5 Å². The van der Waals surface area contributed by atoms with Crippen LogP contribution in [0.15, 0.2) is 66.7 Å². The Balaban J connectivity index is 2.05. The molecule has 0 saturated carbocycles. The summed E-state index contributed by atoms with van der Waals surface area (Å²) in [7, 11) is 0. The van der Waals surface area contributed by atoms with Crippen LogP contribution >= 0.6 is 0 Å². The van der Waals surface area contributed by atoms with Gasteiger partial charge in [0.2, 0.25) is 0 Å². The summed E-state index contributed by atoms with van der Waals surface area (Å²) >= 11 is 0. The molecule has 0 unspecified atom stereocenters. The molecule has 0 spiro atoms. The molecule has 24 heavy (non-hydrogen) atoms. The maximum Gasteiger partial charge on any atom is 0.0570 e. The largest absolute Gasteiger partial charge is 0.309 e. The molecule has 0 aliphatic carbocycles. The van der Waals surface area contributed by atoms with E-state index in [1.54, 1.807) is 0 Å². The number of hydrogen-bond donors (Lipinski definition) is 0. The van der Waals surface area contributed by atoms with E-state index in [1.165, 1.54) is 38.6 Å². The third-order valence-electron chi connectivity index (χ3n) is 4.89. The van der Waals surface area contributed by atoms with Crippen LogP contribution in [0.4, 0.5) is 0 Å². The van der Waals surface area contributed by atoms with Crippen LogP contribution in [0.25, 0.3) is 27.5 Å². The number of benzene rings is 3. The second kappa shape index (κ2) is 5.24. The standard InChI is InChI=1S/C23H23N/c1-16-8-7-10-20-19-9-5-6-11-21(19)24(22(16)20)18-14-12-17(13-15-18)23(2,3)4/h5-15H,1-4H3. The van der Waals surface area contributed by atoms with Crippen LogP contribution in [-0.4, -0.2) is 4.57 Å². The molecule has 120 valence electrons. The van der Waals surface area contributed by atoms with Crippen LogP contribution < -0.4 is 0 Å². The van der Waals surface area contributed by atoms with Crippen LogP contribution in [0.3, 0.4) is 0 Å². The van der Waals surface area contributed by atoms with Crippen molar-refractivity contribution in [1.82, 2.24) is 4.57 Å². The number of hydrogen-bond acceptors (Lipinski definition) is 0. The lowest BCUT2D eigenvalue weighted by molar-refractivity contribution is 0.590. The zero-order chi connectivity index (χ0) is 16.9. The van der Waals surface area contributed by atoms with E-state index in [2.05, 4.69) is 99.0 Å². The van der Waals surface area contributed by atoms with Gasteiger partial charge in [-0.1, -0.05) is 69.3 Å². The molecule has 1 nitrogen and oxygen atoms in total. The second-order valence-electron chi connectivity index (χ2n) is 7.62. The summed E-state index contributed by atoms with van der Waals surface area (Å²) in [5.74, 6) is 0. The molecule has 0 aliphatic heterocycles. The third-order valence-corrected chi connectivity index (χ3v) is 4.89. The van der Waals surface area contributed by atoms with E-state index in [4.69, 9.17) is 0 Å². The van der Waals surface area contributed by atoms with Crippen molar-refractivity contribution in [3.63, 3.8) is 0 Å². The molecular formula is C23H23N. The maximum absolute atomic E-state index is 2.40. The molecule has 0 N–H and O–H groups in total. The molecule has 0 saturated heterocycles. The van der Waals surface area contributed by atoms with Gasteiger partial charge < -0.3 is 4.57 Å². The molecule has 1 aromatic heterocycles. The Hall–Kier alpha value is -2.54. The van der Waals surface area contributed by atoms with Crippen molar-refractivity contribution >= 4 is 21.8 Å². The first-order chi connectivity index (χ1) is 11.5. The summed E-state index contributed by atoms with van der Waals surface area (Å²) in [6.07, 6.45) is 0. The van der Waals surface area contributed by atoms with Gasteiger partial charge in [0.05, 0.1) is 11.0 Å². The zero-order valence-electron chi connectivity index (χ0n) is 14.8. The van der Waals surface area contributed by atoms with E-state index in [-0.39, 0.29) is 5.41 Å². The average Bonchev–Trinajstić information content (AvgIpc) is 2.90. The summed E-state index contributed by atoms with van der Waals surface area (Å²) in [5.41, 5.74) is 6.65. The normalized spacial score (nSPS) is 12.2. The van der Waals surface area contributed by atoms with E-state index >= 15 is 0 Å². The van der Waals surface area contributed by atoms with Gasteiger partial charge in [0.25, 0.3) is 0 Å². The van der Waals surface area contributed by atoms with Crippen LogP contribution in [0, 0.1) is 6.92 Å². The zero-order valence-corrected chi connectivity index (χ0v) is 14.8. The predicted molar refractivity (Wildman–Crippen MR) is 104 cm³/mol. The quantitative estimate of drug-likeness (QED) is 0.384. The van der Waals surface area contributed by atoms with Gasteiger partial charge in [0.15, 0.2) is 0 Å². The van der Waals surface area contributed by atoms with Gasteiger partial charge in [0.1, 0.15) is 0 Å². The Kier molecular flexibility index (Phi) is 3.28. The fraction of sp³-hybridized carbons (Fsp3) is 0.217. The molecule has 0 fully saturated rings. The van der Waals surface area contributed by atoms with Gasteiger partial charge in [-0.3, -0.25) is 0 Å². The smallest absolute Gasteiger partial charge is 0.0570 e. The summed E-state index contributed by atoms with van der Waals surface area (Å²) in [6, 6.07) is 24.3. The van der Waals surface area contributed by atoms with E-state index in [0.717, 1.165) is 0 Å². The molecule has 0 radical (unpaired) electrons. The van der Waals surface area contributed by atoms with Crippen molar-refractivity contribution in [2.45, 2.75) is 33.1 Å². The van der Waals surface area contributed by atoms with E-state index < -0.39 is 0 Å². The van der Waals surface area contributed by atoms with E-state index in [0.29, 0.717) is 0 Å². The van der Waals surface area contributed by atoms with Crippen LogP contribution in [0.2, 0.25) is 0 Å². The van der Waals surface area contributed by atoms with Crippen molar-refractivity contribution in [1.29, 1.82) is 0 Å². The Bertz CT molecular complexity index is 1030. The van der Waals surface area contributed by atoms with Gasteiger partial charge in [-0.05, 0) is 41.7 Å². The first-order valence-electron chi connectivity index (χ1n) is 8.56. The summed E-state index contributed by atoms with van der Waals surface area (Å²) in [5, 5.41) is 2.64. The number of nitrogens with zero attached hydrogens (tertiary/aromatic N) is 1. The molecule has 4 aromatic rings.